The molecule has 0 heterocycles. The van der Waals surface area contributed by atoms with E-state index in [2.05, 4.69) is 43.8 Å². The van der Waals surface area contributed by atoms with Crippen molar-refractivity contribution in [3.8, 4) is 0 Å². The summed E-state index contributed by atoms with van der Waals surface area (Å²) in [5.41, 5.74) is 1.21. The zero-order valence-corrected chi connectivity index (χ0v) is 22.1. The molecule has 2 rings (SSSR count). The number of sulfonamides is 1. The van der Waals surface area contributed by atoms with Crippen LogP contribution in [0.2, 0.25) is 0 Å². The second-order valence-electron chi connectivity index (χ2n) is 6.97. The second-order valence-corrected chi connectivity index (χ2v) is 11.0. The molecule has 2 aromatic carbocycles. The molecule has 10 heteroatoms. The normalized spacial score (nSPS) is 12.2. The Bertz CT molecular complexity index is 1030. The van der Waals surface area contributed by atoms with E-state index in [1.54, 1.807) is 38.1 Å². The predicted molar refractivity (Wildman–Crippen MR) is 134 cm³/mol. The van der Waals surface area contributed by atoms with Gasteiger partial charge in [-0.05, 0) is 78.4 Å². The Balaban J connectivity index is 2.37. The number of benzene rings is 2. The van der Waals surface area contributed by atoms with E-state index in [1.807, 2.05) is 24.3 Å². The van der Waals surface area contributed by atoms with Crippen molar-refractivity contribution in [2.24, 2.45) is 0 Å². The molecular formula is C21H25BrIN3O4S. The van der Waals surface area contributed by atoms with Crippen molar-refractivity contribution >= 4 is 66.0 Å². The van der Waals surface area contributed by atoms with E-state index < -0.39 is 28.5 Å². The van der Waals surface area contributed by atoms with Crippen molar-refractivity contribution in [2.45, 2.75) is 26.4 Å². The zero-order valence-electron chi connectivity index (χ0n) is 17.5. The fraction of sp³-hybridized carbons (Fsp3) is 0.333. The van der Waals surface area contributed by atoms with Crippen LogP contribution in [0.15, 0.2) is 53.0 Å². The first kappa shape index (κ1) is 25.6. The van der Waals surface area contributed by atoms with Gasteiger partial charge in [0.05, 0.1) is 11.9 Å². The van der Waals surface area contributed by atoms with Gasteiger partial charge in [-0.3, -0.25) is 13.9 Å². The van der Waals surface area contributed by atoms with Crippen LogP contribution in [0, 0.1) is 3.57 Å². The predicted octanol–water partition coefficient (Wildman–Crippen LogP) is 3.37. The molecule has 31 heavy (non-hydrogen) atoms. The lowest BCUT2D eigenvalue weighted by atomic mass is 10.1. The highest BCUT2D eigenvalue weighted by molar-refractivity contribution is 14.1. The highest BCUT2D eigenvalue weighted by atomic mass is 127. The van der Waals surface area contributed by atoms with Gasteiger partial charge in [0.2, 0.25) is 21.8 Å². The number of carbonyl (C=O) groups is 2. The van der Waals surface area contributed by atoms with E-state index >= 15 is 0 Å². The van der Waals surface area contributed by atoms with Crippen molar-refractivity contribution in [3.63, 3.8) is 0 Å². The van der Waals surface area contributed by atoms with E-state index in [1.165, 1.54) is 4.90 Å². The lowest BCUT2D eigenvalue weighted by Crippen LogP contribution is -2.51. The highest BCUT2D eigenvalue weighted by Crippen LogP contribution is 2.21. The van der Waals surface area contributed by atoms with Gasteiger partial charge < -0.3 is 10.2 Å². The van der Waals surface area contributed by atoms with E-state index in [-0.39, 0.29) is 12.5 Å². The van der Waals surface area contributed by atoms with Crippen LogP contribution in [0.3, 0.4) is 0 Å². The lowest BCUT2D eigenvalue weighted by Gasteiger charge is -2.31. The first-order valence-electron chi connectivity index (χ1n) is 9.57. The molecule has 1 atom stereocenters. The molecule has 0 saturated carbocycles. The Kier molecular flexibility index (Phi) is 9.31. The van der Waals surface area contributed by atoms with E-state index in [9.17, 15) is 18.0 Å². The number of amides is 2. The molecule has 0 aliphatic rings. The van der Waals surface area contributed by atoms with Crippen LogP contribution < -0.4 is 9.62 Å². The number of anilines is 1. The Hall–Kier alpha value is -1.66. The maximum Gasteiger partial charge on any atom is 0.244 e. The summed E-state index contributed by atoms with van der Waals surface area (Å²) < 4.78 is 27.8. The third-order valence-electron chi connectivity index (χ3n) is 4.55. The van der Waals surface area contributed by atoms with E-state index in [0.717, 1.165) is 24.2 Å². The number of hydrogen-bond donors (Lipinski definition) is 1. The maximum atomic E-state index is 13.3. The summed E-state index contributed by atoms with van der Waals surface area (Å²) in [6, 6.07) is 13.5. The van der Waals surface area contributed by atoms with Gasteiger partial charge in [-0.15, -0.1) is 0 Å². The molecule has 0 aliphatic heterocycles. The van der Waals surface area contributed by atoms with Gasteiger partial charge in [-0.25, -0.2) is 8.42 Å². The third-order valence-corrected chi connectivity index (χ3v) is 6.91. The molecule has 0 aliphatic carbocycles. The largest absolute Gasteiger partial charge is 0.355 e. The summed E-state index contributed by atoms with van der Waals surface area (Å²) in [6.07, 6.45) is 1.06. The molecule has 0 unspecified atom stereocenters. The molecular weight excluding hydrogens is 597 g/mol. The standard InChI is InChI=1S/C21H25BrIN3O4S/c1-4-24-21(28)15(2)25(13-16-6-5-7-17(22)12-16)20(27)14-26(31(3,29)30)19-10-8-18(23)9-11-19/h5-12,15H,4,13-14H2,1-3H3,(H,24,28)/t15-/m0/s1. The molecule has 0 radical (unpaired) electrons. The number of nitrogens with one attached hydrogen (secondary N) is 1. The minimum absolute atomic E-state index is 0.168. The summed E-state index contributed by atoms with van der Waals surface area (Å²) in [5, 5.41) is 2.72. The van der Waals surface area contributed by atoms with Crippen LogP contribution in [-0.2, 0) is 26.2 Å². The Morgan fingerprint density at radius 2 is 1.81 bits per heavy atom. The smallest absolute Gasteiger partial charge is 0.244 e. The number of nitrogens with zero attached hydrogens (tertiary/aromatic N) is 2. The molecule has 0 saturated heterocycles. The number of rotatable bonds is 9. The van der Waals surface area contributed by atoms with Crippen molar-refractivity contribution in [3.05, 3.63) is 62.1 Å². The van der Waals surface area contributed by atoms with Gasteiger partial charge in [0.1, 0.15) is 12.6 Å². The minimum Gasteiger partial charge on any atom is -0.355 e. The van der Waals surface area contributed by atoms with Gasteiger partial charge in [0.25, 0.3) is 0 Å². The number of carbonyl (C=O) groups excluding carboxylic acids is 2. The summed E-state index contributed by atoms with van der Waals surface area (Å²) in [5.74, 6) is -0.770. The zero-order chi connectivity index (χ0) is 23.2. The van der Waals surface area contributed by atoms with Crippen molar-refractivity contribution in [2.75, 3.05) is 23.7 Å². The Morgan fingerprint density at radius 3 is 2.35 bits per heavy atom. The molecule has 168 valence electrons. The number of halogens is 2. The molecule has 0 spiro atoms. The lowest BCUT2D eigenvalue weighted by molar-refractivity contribution is -0.139. The Morgan fingerprint density at radius 1 is 1.16 bits per heavy atom. The topological polar surface area (TPSA) is 86.8 Å². The summed E-state index contributed by atoms with van der Waals surface area (Å²) in [6.45, 7) is 3.63. The van der Waals surface area contributed by atoms with Gasteiger partial charge in [-0.1, -0.05) is 28.1 Å². The fourth-order valence-corrected chi connectivity index (χ4v) is 4.61. The summed E-state index contributed by atoms with van der Waals surface area (Å²) in [4.78, 5) is 27.2. The van der Waals surface area contributed by atoms with Crippen LogP contribution >= 0.6 is 38.5 Å². The minimum atomic E-state index is -3.72. The van der Waals surface area contributed by atoms with Crippen LogP contribution in [0.1, 0.15) is 19.4 Å². The van der Waals surface area contributed by atoms with Gasteiger partial charge in [-0.2, -0.15) is 0 Å². The monoisotopic (exact) mass is 621 g/mol. The van der Waals surface area contributed by atoms with Crippen molar-refractivity contribution in [1.29, 1.82) is 0 Å². The van der Waals surface area contributed by atoms with Crippen LogP contribution in [0.25, 0.3) is 0 Å². The average molecular weight is 622 g/mol. The molecule has 0 aromatic heterocycles. The average Bonchev–Trinajstić information content (AvgIpc) is 2.70. The van der Waals surface area contributed by atoms with Gasteiger partial charge >= 0.3 is 0 Å². The number of hydrogen-bond acceptors (Lipinski definition) is 4. The van der Waals surface area contributed by atoms with Crippen molar-refractivity contribution in [1.82, 2.24) is 10.2 Å². The summed E-state index contributed by atoms with van der Waals surface area (Å²) in [7, 11) is -3.72. The summed E-state index contributed by atoms with van der Waals surface area (Å²) >= 11 is 5.54. The SMILES string of the molecule is CCNC(=O)[C@H](C)N(Cc1cccc(Br)c1)C(=O)CN(c1ccc(I)cc1)S(C)(=O)=O. The quantitative estimate of drug-likeness (QED) is 0.435. The second kappa shape index (κ2) is 11.3. The fourth-order valence-electron chi connectivity index (χ4n) is 2.96. The molecule has 0 fully saturated rings. The van der Waals surface area contributed by atoms with Gasteiger partial charge in [0, 0.05) is 21.1 Å². The number of likely N-dealkylation sites (N-methyl/N-ethyl adjacent to an activating group) is 1. The van der Waals surface area contributed by atoms with Crippen LogP contribution in [-0.4, -0.2) is 50.5 Å². The van der Waals surface area contributed by atoms with E-state index in [4.69, 9.17) is 0 Å². The first-order valence-corrected chi connectivity index (χ1v) is 13.3. The van der Waals surface area contributed by atoms with Crippen LogP contribution in [0.5, 0.6) is 0 Å². The molecule has 0 bridgehead atoms. The molecule has 2 amide bonds. The first-order chi connectivity index (χ1) is 14.5. The molecule has 2 aromatic rings. The molecule has 1 N–H and O–H groups in total. The maximum absolute atomic E-state index is 13.3. The third kappa shape index (κ3) is 7.46. The Labute approximate surface area is 205 Å². The highest BCUT2D eigenvalue weighted by Gasteiger charge is 2.29. The van der Waals surface area contributed by atoms with Gasteiger partial charge in [0.15, 0.2) is 0 Å². The van der Waals surface area contributed by atoms with E-state index in [0.29, 0.717) is 12.2 Å². The molecule has 7 nitrogen and oxygen atoms in total. The van der Waals surface area contributed by atoms with Crippen molar-refractivity contribution < 1.29 is 18.0 Å². The van der Waals surface area contributed by atoms with Crippen LogP contribution in [0.4, 0.5) is 5.69 Å².